The number of carbonyl (C=O) groups is 1. The Balaban J connectivity index is 1.40. The molecule has 1 amide bonds. The first-order valence-corrected chi connectivity index (χ1v) is 11.5. The first-order valence-electron chi connectivity index (χ1n) is 11.5. The molecular formula is C24H37N5O2. The lowest BCUT2D eigenvalue weighted by molar-refractivity contribution is -0.123. The summed E-state index contributed by atoms with van der Waals surface area (Å²) in [4.78, 5) is 21.5. The van der Waals surface area contributed by atoms with Crippen LogP contribution in [-0.4, -0.2) is 58.6 Å². The van der Waals surface area contributed by atoms with Crippen LogP contribution >= 0.6 is 0 Å². The van der Waals surface area contributed by atoms with E-state index in [0.717, 1.165) is 44.0 Å². The van der Waals surface area contributed by atoms with Crippen molar-refractivity contribution in [2.75, 3.05) is 32.7 Å². The Labute approximate surface area is 186 Å². The highest BCUT2D eigenvalue weighted by Crippen LogP contribution is 2.16. The summed E-state index contributed by atoms with van der Waals surface area (Å²) in [5.74, 6) is 2.42. The van der Waals surface area contributed by atoms with Gasteiger partial charge in [-0.05, 0) is 30.4 Å². The average Bonchev–Trinajstić information content (AvgIpc) is 3.18. The fourth-order valence-corrected chi connectivity index (χ4v) is 3.85. The van der Waals surface area contributed by atoms with Gasteiger partial charge in [0.2, 0.25) is 11.8 Å². The molecule has 170 valence electrons. The number of aromatic nitrogens is 2. The monoisotopic (exact) mass is 427 g/mol. The number of hydrogen-bond donors (Lipinski definition) is 1. The van der Waals surface area contributed by atoms with Crippen LogP contribution in [0.5, 0.6) is 0 Å². The summed E-state index contributed by atoms with van der Waals surface area (Å²) < 4.78 is 5.35. The van der Waals surface area contributed by atoms with Crippen molar-refractivity contribution in [1.82, 2.24) is 25.3 Å². The molecule has 0 bridgehead atoms. The molecule has 31 heavy (non-hydrogen) atoms. The number of nitrogens with zero attached hydrogens (tertiary/aromatic N) is 4. The normalized spacial score (nSPS) is 16.7. The number of piperazine rings is 1. The Morgan fingerprint density at radius 1 is 1.03 bits per heavy atom. The van der Waals surface area contributed by atoms with Crippen molar-refractivity contribution in [2.24, 2.45) is 5.92 Å². The molecule has 1 saturated heterocycles. The minimum Gasteiger partial charge on any atom is -0.348 e. The van der Waals surface area contributed by atoms with E-state index in [1.807, 2.05) is 6.92 Å². The van der Waals surface area contributed by atoms with E-state index in [4.69, 9.17) is 4.52 Å². The summed E-state index contributed by atoms with van der Waals surface area (Å²) in [6, 6.07) is 8.61. The number of benzene rings is 1. The van der Waals surface area contributed by atoms with Gasteiger partial charge in [0.15, 0.2) is 5.82 Å². The molecule has 2 aromatic rings. The topological polar surface area (TPSA) is 74.5 Å². The summed E-state index contributed by atoms with van der Waals surface area (Å²) in [5.41, 5.74) is 2.49. The van der Waals surface area contributed by atoms with Crippen LogP contribution in [0.15, 0.2) is 28.8 Å². The van der Waals surface area contributed by atoms with Crippen LogP contribution in [-0.2, 0) is 17.8 Å². The highest BCUT2D eigenvalue weighted by atomic mass is 16.5. The Morgan fingerprint density at radius 2 is 1.68 bits per heavy atom. The van der Waals surface area contributed by atoms with Crippen molar-refractivity contribution in [3.8, 4) is 0 Å². The van der Waals surface area contributed by atoms with Gasteiger partial charge >= 0.3 is 0 Å². The Kier molecular flexibility index (Phi) is 8.21. The number of hydrogen-bond acceptors (Lipinski definition) is 6. The van der Waals surface area contributed by atoms with Crippen LogP contribution in [0.3, 0.4) is 0 Å². The van der Waals surface area contributed by atoms with E-state index < -0.39 is 0 Å². The maximum atomic E-state index is 12.5. The molecule has 0 radical (unpaired) electrons. The van der Waals surface area contributed by atoms with Gasteiger partial charge in [0.1, 0.15) is 0 Å². The van der Waals surface area contributed by atoms with Gasteiger partial charge in [-0.2, -0.15) is 4.98 Å². The van der Waals surface area contributed by atoms with Crippen molar-refractivity contribution in [2.45, 2.75) is 59.5 Å². The zero-order valence-electron chi connectivity index (χ0n) is 19.6. The van der Waals surface area contributed by atoms with Gasteiger partial charge in [-0.25, -0.2) is 0 Å². The van der Waals surface area contributed by atoms with Crippen molar-refractivity contribution in [3.05, 3.63) is 47.1 Å². The third kappa shape index (κ3) is 7.14. The predicted molar refractivity (Wildman–Crippen MR) is 122 cm³/mol. The lowest BCUT2D eigenvalue weighted by Crippen LogP contribution is -2.49. The van der Waals surface area contributed by atoms with Crippen molar-refractivity contribution in [1.29, 1.82) is 0 Å². The molecule has 2 heterocycles. The maximum absolute atomic E-state index is 12.5. The molecule has 0 saturated carbocycles. The van der Waals surface area contributed by atoms with Crippen molar-refractivity contribution in [3.63, 3.8) is 0 Å². The summed E-state index contributed by atoms with van der Waals surface area (Å²) in [7, 11) is 0. The molecule has 0 aliphatic carbocycles. The van der Waals surface area contributed by atoms with Gasteiger partial charge in [0.05, 0.1) is 19.1 Å². The molecule has 0 spiro atoms. The summed E-state index contributed by atoms with van der Waals surface area (Å²) in [6.45, 7) is 15.2. The lowest BCUT2D eigenvalue weighted by Gasteiger charge is -2.33. The summed E-state index contributed by atoms with van der Waals surface area (Å²) >= 11 is 0. The molecule has 7 heteroatoms. The highest BCUT2D eigenvalue weighted by molar-refractivity contribution is 5.78. The van der Waals surface area contributed by atoms with E-state index >= 15 is 0 Å². The maximum Gasteiger partial charge on any atom is 0.240 e. The largest absolute Gasteiger partial charge is 0.348 e. The highest BCUT2D eigenvalue weighted by Gasteiger charge is 2.22. The van der Waals surface area contributed by atoms with Crippen LogP contribution in [0.25, 0.3) is 0 Å². The molecular weight excluding hydrogens is 390 g/mol. The second kappa shape index (κ2) is 10.9. The predicted octanol–water partition coefficient (Wildman–Crippen LogP) is 3.39. The smallest absolute Gasteiger partial charge is 0.240 e. The Bertz CT molecular complexity index is 823. The van der Waals surface area contributed by atoms with Gasteiger partial charge in [-0.3, -0.25) is 14.6 Å². The van der Waals surface area contributed by atoms with E-state index in [1.165, 1.54) is 5.56 Å². The van der Waals surface area contributed by atoms with E-state index in [0.29, 0.717) is 24.9 Å². The molecule has 1 atom stereocenters. The zero-order valence-corrected chi connectivity index (χ0v) is 19.6. The van der Waals surface area contributed by atoms with Gasteiger partial charge in [-0.15, -0.1) is 0 Å². The number of amides is 1. The van der Waals surface area contributed by atoms with Gasteiger partial charge in [0, 0.05) is 32.1 Å². The minimum absolute atomic E-state index is 0.00886. The first-order chi connectivity index (χ1) is 14.8. The van der Waals surface area contributed by atoms with Crippen LogP contribution in [0.1, 0.15) is 69.4 Å². The Morgan fingerprint density at radius 3 is 2.26 bits per heavy atom. The first kappa shape index (κ1) is 23.4. The summed E-state index contributed by atoms with van der Waals surface area (Å²) in [5, 5.41) is 7.17. The second-order valence-electron chi connectivity index (χ2n) is 9.38. The second-order valence-corrected chi connectivity index (χ2v) is 9.38. The van der Waals surface area contributed by atoms with Crippen LogP contribution in [0.4, 0.5) is 0 Å². The molecule has 1 fully saturated rings. The van der Waals surface area contributed by atoms with Crippen molar-refractivity contribution >= 4 is 5.91 Å². The van der Waals surface area contributed by atoms with E-state index in [9.17, 15) is 4.79 Å². The van der Waals surface area contributed by atoms with Gasteiger partial charge < -0.3 is 9.84 Å². The molecule has 1 unspecified atom stereocenters. The van der Waals surface area contributed by atoms with Gasteiger partial charge in [-0.1, -0.05) is 57.1 Å². The number of carbonyl (C=O) groups excluding carboxylic acids is 1. The van der Waals surface area contributed by atoms with Crippen LogP contribution < -0.4 is 5.32 Å². The molecule has 1 N–H and O–H groups in total. The minimum atomic E-state index is 0.00886. The van der Waals surface area contributed by atoms with Crippen LogP contribution in [0.2, 0.25) is 0 Å². The summed E-state index contributed by atoms with van der Waals surface area (Å²) in [6.07, 6.45) is 1.08. The third-order valence-corrected chi connectivity index (χ3v) is 5.69. The molecule has 1 aromatic carbocycles. The van der Waals surface area contributed by atoms with E-state index in [-0.39, 0.29) is 17.9 Å². The molecule has 1 aliphatic heterocycles. The fraction of sp³-hybridized carbons (Fsp3) is 0.625. The van der Waals surface area contributed by atoms with Crippen molar-refractivity contribution < 1.29 is 9.32 Å². The average molecular weight is 428 g/mol. The molecule has 3 rings (SSSR count). The lowest BCUT2D eigenvalue weighted by atomic mass is 10.00. The zero-order chi connectivity index (χ0) is 22.4. The standard InChI is InChI=1S/C24H37N5O2/c1-17(2)14-20-6-8-21(9-7-20)19(5)25-22(30)15-28-10-12-29(13-11-28)16-23-26-24(18(3)4)27-31-23/h6-9,17-19H,10-16H2,1-5H3,(H,25,30). The van der Waals surface area contributed by atoms with Crippen LogP contribution in [0, 0.1) is 5.92 Å². The number of nitrogens with one attached hydrogen (secondary N) is 1. The third-order valence-electron chi connectivity index (χ3n) is 5.69. The molecule has 7 nitrogen and oxygen atoms in total. The quantitative estimate of drug-likeness (QED) is 0.661. The SMILES string of the molecule is CC(C)Cc1ccc(C(C)NC(=O)CN2CCN(Cc3nc(C(C)C)no3)CC2)cc1. The molecule has 1 aromatic heterocycles. The Hall–Kier alpha value is -2.25. The van der Waals surface area contributed by atoms with E-state index in [2.05, 4.69) is 77.2 Å². The number of rotatable bonds is 9. The van der Waals surface area contributed by atoms with Gasteiger partial charge in [0.25, 0.3) is 0 Å². The van der Waals surface area contributed by atoms with E-state index in [1.54, 1.807) is 0 Å². The molecule has 1 aliphatic rings. The fourth-order valence-electron chi connectivity index (χ4n) is 3.85.